The Hall–Kier alpha value is -3.75. The van der Waals surface area contributed by atoms with E-state index in [0.717, 1.165) is 33.6 Å². The lowest BCUT2D eigenvalue weighted by molar-refractivity contribution is -0.123. The van der Waals surface area contributed by atoms with E-state index in [0.29, 0.717) is 36.8 Å². The minimum absolute atomic E-state index is 0.124. The Morgan fingerprint density at radius 3 is 2.51 bits per heavy atom. The molecule has 4 rings (SSSR count). The van der Waals surface area contributed by atoms with Gasteiger partial charge in [0.1, 0.15) is 23.0 Å². The summed E-state index contributed by atoms with van der Waals surface area (Å²) in [7, 11) is 1.95. The number of carbonyl (C=O) groups is 1. The number of nitrogens with one attached hydrogen (secondary N) is 1. The number of aryl methyl sites for hydroxylation is 1. The molecule has 1 amide bonds. The summed E-state index contributed by atoms with van der Waals surface area (Å²) < 4.78 is 24.2. The van der Waals surface area contributed by atoms with Crippen LogP contribution in [0.15, 0.2) is 71.4 Å². The number of nitrogens with zero attached hydrogens (tertiary/aromatic N) is 3. The number of halogens is 2. The molecule has 0 aliphatic carbocycles. The number of hydrogen-bond donors (Lipinski definition) is 1. The van der Waals surface area contributed by atoms with Gasteiger partial charge in [-0.3, -0.25) is 9.69 Å². The summed E-state index contributed by atoms with van der Waals surface area (Å²) in [5.74, 6) is 0.0769. The molecule has 192 valence electrons. The van der Waals surface area contributed by atoms with Gasteiger partial charge in [-0.15, -0.1) is 0 Å². The largest absolute Gasteiger partial charge is 0.483 e. The second-order valence-corrected chi connectivity index (χ2v) is 9.19. The lowest BCUT2D eigenvalue weighted by Gasteiger charge is -2.19. The van der Waals surface area contributed by atoms with E-state index >= 15 is 0 Å². The van der Waals surface area contributed by atoms with Gasteiger partial charge in [0, 0.05) is 30.2 Å². The highest BCUT2D eigenvalue weighted by atomic mass is 35.5. The van der Waals surface area contributed by atoms with E-state index in [-0.39, 0.29) is 18.3 Å². The molecule has 0 aliphatic heterocycles. The Kier molecular flexibility index (Phi) is 8.87. The van der Waals surface area contributed by atoms with E-state index in [9.17, 15) is 9.18 Å². The molecule has 0 fully saturated rings. The van der Waals surface area contributed by atoms with Crippen LogP contribution in [0.25, 0.3) is 11.1 Å². The van der Waals surface area contributed by atoms with Crippen molar-refractivity contribution in [3.05, 3.63) is 100 Å². The average molecular weight is 523 g/mol. The van der Waals surface area contributed by atoms with Crippen molar-refractivity contribution in [1.82, 2.24) is 20.5 Å². The van der Waals surface area contributed by atoms with E-state index < -0.39 is 0 Å². The van der Waals surface area contributed by atoms with Crippen LogP contribution in [-0.2, 0) is 24.3 Å². The third kappa shape index (κ3) is 7.38. The van der Waals surface area contributed by atoms with Gasteiger partial charge >= 0.3 is 0 Å². The van der Waals surface area contributed by atoms with Gasteiger partial charge in [0.05, 0.1) is 0 Å². The number of ether oxygens (including phenoxy) is 1. The quantitative estimate of drug-likeness (QED) is 0.291. The highest BCUT2D eigenvalue weighted by Crippen LogP contribution is 2.28. The fraction of sp³-hybridized carbons (Fsp3) is 0.250. The zero-order chi connectivity index (χ0) is 26.2. The maximum absolute atomic E-state index is 13.4. The maximum atomic E-state index is 13.4. The lowest BCUT2D eigenvalue weighted by Crippen LogP contribution is -2.30. The lowest BCUT2D eigenvalue weighted by atomic mass is 10.0. The highest BCUT2D eigenvalue weighted by Gasteiger charge is 2.14. The van der Waals surface area contributed by atoms with Crippen LogP contribution < -0.4 is 10.1 Å². The van der Waals surface area contributed by atoms with Crippen molar-refractivity contribution in [2.24, 2.45) is 0 Å². The van der Waals surface area contributed by atoms with Crippen LogP contribution >= 0.6 is 11.6 Å². The Balaban J connectivity index is 1.43. The monoisotopic (exact) mass is 522 g/mol. The number of rotatable bonds is 11. The fourth-order valence-corrected chi connectivity index (χ4v) is 4.12. The molecule has 0 unspecified atom stereocenters. The SMILES string of the molecule is Cc1nonc1CN(C)Cc1cc(-c2ccc(F)cc2)ccc1OCC(=O)NCCc1ccccc1Cl. The first-order valence-electron chi connectivity index (χ1n) is 11.9. The summed E-state index contributed by atoms with van der Waals surface area (Å²) in [6.45, 7) is 3.22. The number of amides is 1. The Morgan fingerprint density at radius 1 is 1.03 bits per heavy atom. The predicted molar refractivity (Wildman–Crippen MR) is 140 cm³/mol. The number of carbonyl (C=O) groups excluding carboxylic acids is 1. The van der Waals surface area contributed by atoms with Gasteiger partial charge in [0.2, 0.25) is 0 Å². The number of hydrogen-bond acceptors (Lipinski definition) is 6. The van der Waals surface area contributed by atoms with Crippen LogP contribution in [0.2, 0.25) is 5.02 Å². The molecule has 0 bridgehead atoms. The van der Waals surface area contributed by atoms with E-state index in [1.54, 1.807) is 12.1 Å². The molecule has 0 atom stereocenters. The Morgan fingerprint density at radius 2 is 1.78 bits per heavy atom. The van der Waals surface area contributed by atoms with E-state index in [4.69, 9.17) is 21.0 Å². The minimum atomic E-state index is -0.291. The van der Waals surface area contributed by atoms with Gasteiger partial charge in [-0.25, -0.2) is 9.02 Å². The molecule has 0 aliphatic rings. The molecule has 0 spiro atoms. The van der Waals surface area contributed by atoms with Gasteiger partial charge in [0.15, 0.2) is 6.61 Å². The predicted octanol–water partition coefficient (Wildman–Crippen LogP) is 5.21. The minimum Gasteiger partial charge on any atom is -0.483 e. The first kappa shape index (κ1) is 26.3. The summed E-state index contributed by atoms with van der Waals surface area (Å²) in [6, 6.07) is 19.6. The van der Waals surface area contributed by atoms with E-state index in [2.05, 4.69) is 15.6 Å². The molecule has 9 heteroatoms. The second-order valence-electron chi connectivity index (χ2n) is 8.78. The molecule has 37 heavy (non-hydrogen) atoms. The van der Waals surface area contributed by atoms with Gasteiger partial charge in [-0.1, -0.05) is 58.3 Å². The van der Waals surface area contributed by atoms with Crippen molar-refractivity contribution in [2.45, 2.75) is 26.4 Å². The molecule has 0 saturated heterocycles. The van der Waals surface area contributed by atoms with Crippen molar-refractivity contribution in [3.8, 4) is 16.9 Å². The molecule has 1 N–H and O–H groups in total. The molecule has 3 aromatic carbocycles. The number of aromatic nitrogens is 2. The average Bonchev–Trinajstić information content (AvgIpc) is 3.28. The van der Waals surface area contributed by atoms with Crippen LogP contribution in [0, 0.1) is 12.7 Å². The van der Waals surface area contributed by atoms with Gasteiger partial charge in [0.25, 0.3) is 5.91 Å². The Bertz CT molecular complexity index is 1340. The van der Waals surface area contributed by atoms with Crippen molar-refractivity contribution >= 4 is 17.5 Å². The molecule has 0 saturated carbocycles. The van der Waals surface area contributed by atoms with Crippen molar-refractivity contribution in [3.63, 3.8) is 0 Å². The first-order valence-corrected chi connectivity index (χ1v) is 12.2. The van der Waals surface area contributed by atoms with Gasteiger partial charge < -0.3 is 10.1 Å². The summed E-state index contributed by atoms with van der Waals surface area (Å²) >= 11 is 6.19. The summed E-state index contributed by atoms with van der Waals surface area (Å²) in [5, 5.41) is 11.3. The summed E-state index contributed by atoms with van der Waals surface area (Å²) in [5.41, 5.74) is 5.13. The normalized spacial score (nSPS) is 11.1. The maximum Gasteiger partial charge on any atom is 0.257 e. The van der Waals surface area contributed by atoms with Crippen LogP contribution in [-0.4, -0.2) is 41.3 Å². The van der Waals surface area contributed by atoms with Gasteiger partial charge in [-0.2, -0.15) is 0 Å². The zero-order valence-electron chi connectivity index (χ0n) is 20.7. The third-order valence-electron chi connectivity index (χ3n) is 5.88. The standard InChI is InChI=1S/C28H28ClFN4O3/c1-19-26(33-37-32-19)17-34(2)16-23-15-22(20-7-10-24(30)11-8-20)9-12-27(23)36-18-28(35)31-14-13-21-5-3-4-6-25(21)29/h3-12,15H,13-14,16-18H2,1-2H3,(H,31,35). The Labute approximate surface area is 220 Å². The van der Waals surface area contributed by atoms with Crippen molar-refractivity contribution in [2.75, 3.05) is 20.2 Å². The smallest absolute Gasteiger partial charge is 0.257 e. The van der Waals surface area contributed by atoms with E-state index in [1.165, 1.54) is 12.1 Å². The van der Waals surface area contributed by atoms with Crippen molar-refractivity contribution in [1.29, 1.82) is 0 Å². The molecule has 1 aromatic heterocycles. The van der Waals surface area contributed by atoms with E-state index in [1.807, 2.05) is 61.3 Å². The highest BCUT2D eigenvalue weighted by molar-refractivity contribution is 6.31. The van der Waals surface area contributed by atoms with Crippen LogP contribution in [0.1, 0.15) is 22.5 Å². The first-order chi connectivity index (χ1) is 17.9. The third-order valence-corrected chi connectivity index (χ3v) is 6.25. The second kappa shape index (κ2) is 12.5. The van der Waals surface area contributed by atoms with Crippen molar-refractivity contribution < 1.29 is 18.6 Å². The molecular formula is C28H28ClFN4O3. The van der Waals surface area contributed by atoms with Crippen LogP contribution in [0.4, 0.5) is 4.39 Å². The molecule has 1 heterocycles. The van der Waals surface area contributed by atoms with Crippen LogP contribution in [0.5, 0.6) is 5.75 Å². The molecule has 7 nitrogen and oxygen atoms in total. The number of benzene rings is 3. The topological polar surface area (TPSA) is 80.5 Å². The molecular weight excluding hydrogens is 495 g/mol. The summed E-state index contributed by atoms with van der Waals surface area (Å²) in [6.07, 6.45) is 0.629. The molecule has 0 radical (unpaired) electrons. The molecule has 4 aromatic rings. The fourth-order valence-electron chi connectivity index (χ4n) is 3.89. The zero-order valence-corrected chi connectivity index (χ0v) is 21.5. The van der Waals surface area contributed by atoms with Gasteiger partial charge in [-0.05, 0) is 67.4 Å². The summed E-state index contributed by atoms with van der Waals surface area (Å²) in [4.78, 5) is 14.5. The van der Waals surface area contributed by atoms with Crippen LogP contribution in [0.3, 0.4) is 0 Å².